The van der Waals surface area contributed by atoms with Crippen LogP contribution in [0.4, 0.5) is 0 Å². The number of rotatable bonds is 13. The number of benzene rings is 8. The van der Waals surface area contributed by atoms with E-state index in [0.717, 1.165) is 89.8 Å². The fourth-order valence-corrected chi connectivity index (χ4v) is 14.3. The molecule has 0 unspecified atom stereocenters. The van der Waals surface area contributed by atoms with E-state index in [4.69, 9.17) is 18.9 Å². The maximum atomic E-state index is 7.21. The van der Waals surface area contributed by atoms with Crippen LogP contribution in [0.3, 0.4) is 0 Å². The molecule has 69 heavy (non-hydrogen) atoms. The lowest BCUT2D eigenvalue weighted by molar-refractivity contribution is 0.293. The van der Waals surface area contributed by atoms with E-state index < -0.39 is 7.92 Å². The number of para-hydroxylation sites is 3. The van der Waals surface area contributed by atoms with E-state index in [0.29, 0.717) is 52.1 Å². The molecular weight excluding hydrogens is 864 g/mol. The highest BCUT2D eigenvalue weighted by Gasteiger charge is 2.37. The summed E-state index contributed by atoms with van der Waals surface area (Å²) in [5.41, 5.74) is 13.5. The van der Waals surface area contributed by atoms with Crippen LogP contribution in [0, 0.1) is 0 Å². The van der Waals surface area contributed by atoms with Gasteiger partial charge >= 0.3 is 0 Å². The summed E-state index contributed by atoms with van der Waals surface area (Å²) in [6, 6.07) is 66.9. The Morgan fingerprint density at radius 2 is 0.536 bits per heavy atom. The topological polar surface area (TPSA) is 36.9 Å². The molecule has 0 spiro atoms. The highest BCUT2D eigenvalue weighted by atomic mass is 31.1. The van der Waals surface area contributed by atoms with Crippen LogP contribution in [-0.4, -0.2) is 10.3 Å². The molecule has 5 heteroatoms. The van der Waals surface area contributed by atoms with Gasteiger partial charge in [-0.3, -0.25) is 0 Å². The van der Waals surface area contributed by atoms with Crippen molar-refractivity contribution < 1.29 is 18.9 Å². The van der Waals surface area contributed by atoms with Crippen LogP contribution in [0.15, 0.2) is 188 Å². The van der Waals surface area contributed by atoms with Crippen LogP contribution < -0.4 is 24.3 Å². The van der Waals surface area contributed by atoms with Crippen LogP contribution in [0.25, 0.3) is 0 Å². The minimum atomic E-state index is -0.672. The molecule has 4 nitrogen and oxygen atoms in total. The molecule has 8 aromatic rings. The highest BCUT2D eigenvalue weighted by Crippen LogP contribution is 2.59. The Morgan fingerprint density at radius 3 is 0.783 bits per heavy atom. The van der Waals surface area contributed by atoms with Crippen molar-refractivity contribution in [1.29, 1.82) is 0 Å². The monoisotopic (exact) mass is 928 g/mol. The second-order valence-corrected chi connectivity index (χ2v) is 24.2. The van der Waals surface area contributed by atoms with Gasteiger partial charge in [-0.25, -0.2) is 0 Å². The van der Waals surface area contributed by atoms with E-state index in [-0.39, 0.29) is 10.3 Å². The Labute approximate surface area is 412 Å². The standard InChI is InChI=1S/C64H65O4P/c1-63(2,3)69(64(4,5)6)58-40-56-38-54-34-20-32-52(60(54)66-43-47-24-13-8-14-25-47)36-50-30-19-31-51(59(50)65-42-46-22-11-7-12-23-46)37-53-33-21-35-55(61(53)67-44-48-26-15-9-16-27-48)39-57(41-58)62(56)68-45-49-28-17-10-18-29-49/h7-35,40-41H,36-39,42-45H2,1-6H3. The van der Waals surface area contributed by atoms with Gasteiger partial charge in [-0.15, -0.1) is 0 Å². The van der Waals surface area contributed by atoms with Crippen LogP contribution >= 0.6 is 7.92 Å². The van der Waals surface area contributed by atoms with Crippen molar-refractivity contribution in [3.05, 3.63) is 255 Å². The maximum absolute atomic E-state index is 7.21. The smallest absolute Gasteiger partial charge is 0.126 e. The van der Waals surface area contributed by atoms with Crippen molar-refractivity contribution in [2.24, 2.45) is 0 Å². The third kappa shape index (κ3) is 11.8. The lowest BCUT2D eigenvalue weighted by atomic mass is 9.91. The SMILES string of the molecule is CC(C)(C)P(c1cc2c(OCc3ccccc3)c(c1)Cc1cccc(c1OCc1ccccc1)Cc1cccc(c1OCc1ccccc1)Cc1cccc(c1OCc1ccccc1)C2)C(C)(C)C. The zero-order chi connectivity index (χ0) is 47.8. The largest absolute Gasteiger partial charge is 0.488 e. The molecule has 0 atom stereocenters. The number of hydrogen-bond donors (Lipinski definition) is 0. The van der Waals surface area contributed by atoms with Gasteiger partial charge in [-0.05, 0) is 94.5 Å². The molecule has 0 saturated carbocycles. The molecule has 0 aliphatic heterocycles. The predicted molar refractivity (Wildman–Crippen MR) is 286 cm³/mol. The zero-order valence-electron chi connectivity index (χ0n) is 41.1. The maximum Gasteiger partial charge on any atom is 0.126 e. The van der Waals surface area contributed by atoms with E-state index in [1.165, 1.54) is 5.30 Å². The summed E-state index contributed by atoms with van der Waals surface area (Å²) in [5.74, 6) is 3.64. The normalized spacial score (nSPS) is 12.6. The second-order valence-electron chi connectivity index (χ2n) is 20.3. The van der Waals surface area contributed by atoms with E-state index in [2.05, 4.69) is 230 Å². The van der Waals surface area contributed by atoms with Crippen molar-refractivity contribution in [2.45, 2.75) is 104 Å². The number of hydrogen-bond acceptors (Lipinski definition) is 4. The molecule has 350 valence electrons. The average Bonchev–Trinajstić information content (AvgIpc) is 3.33. The minimum absolute atomic E-state index is 0.0340. The van der Waals surface area contributed by atoms with Gasteiger partial charge in [0.05, 0.1) is 0 Å². The van der Waals surface area contributed by atoms with Gasteiger partial charge in [0.1, 0.15) is 49.4 Å². The predicted octanol–water partition coefficient (Wildman–Crippen LogP) is 15.4. The molecule has 8 aromatic carbocycles. The lowest BCUT2D eigenvalue weighted by Gasteiger charge is -2.42. The van der Waals surface area contributed by atoms with Crippen molar-refractivity contribution >= 4 is 13.2 Å². The third-order valence-corrected chi connectivity index (χ3v) is 16.2. The molecule has 0 fully saturated rings. The molecule has 8 bridgehead atoms. The van der Waals surface area contributed by atoms with Gasteiger partial charge in [0.15, 0.2) is 0 Å². The highest BCUT2D eigenvalue weighted by molar-refractivity contribution is 7.68. The van der Waals surface area contributed by atoms with E-state index in [9.17, 15) is 0 Å². The van der Waals surface area contributed by atoms with Crippen LogP contribution in [0.5, 0.6) is 23.0 Å². The van der Waals surface area contributed by atoms with Crippen molar-refractivity contribution in [3.63, 3.8) is 0 Å². The first kappa shape index (κ1) is 47.5. The van der Waals surface area contributed by atoms with Gasteiger partial charge < -0.3 is 18.9 Å². The van der Waals surface area contributed by atoms with Gasteiger partial charge in [-0.2, -0.15) is 0 Å². The minimum Gasteiger partial charge on any atom is -0.488 e. The summed E-state index contributed by atoms with van der Waals surface area (Å²) in [4.78, 5) is 0. The van der Waals surface area contributed by atoms with Gasteiger partial charge in [0, 0.05) is 25.7 Å². The van der Waals surface area contributed by atoms with Crippen LogP contribution in [0.1, 0.15) is 108 Å². The fourth-order valence-electron chi connectivity index (χ4n) is 10.1. The Morgan fingerprint density at radius 1 is 0.304 bits per heavy atom. The number of ether oxygens (including phenoxy) is 4. The van der Waals surface area contributed by atoms with Crippen LogP contribution in [-0.2, 0) is 52.1 Å². The molecule has 1 aliphatic rings. The molecule has 0 aromatic heterocycles. The average molecular weight is 929 g/mol. The molecular formula is C64H65O4P. The van der Waals surface area contributed by atoms with Crippen molar-refractivity contribution in [2.75, 3.05) is 0 Å². The Bertz CT molecular complexity index is 2800. The second kappa shape index (κ2) is 21.4. The van der Waals surface area contributed by atoms with Gasteiger partial charge in [-0.1, -0.05) is 225 Å². The van der Waals surface area contributed by atoms with Crippen molar-refractivity contribution in [1.82, 2.24) is 0 Å². The first-order valence-corrected chi connectivity index (χ1v) is 25.8. The lowest BCUT2D eigenvalue weighted by Crippen LogP contribution is -2.31. The van der Waals surface area contributed by atoms with E-state index in [1.807, 2.05) is 0 Å². The summed E-state index contributed by atoms with van der Waals surface area (Å²) >= 11 is 0. The summed E-state index contributed by atoms with van der Waals surface area (Å²) < 4.78 is 28.4. The number of fused-ring (bicyclic) bond motifs is 8. The van der Waals surface area contributed by atoms with Gasteiger partial charge in [0.25, 0.3) is 0 Å². The summed E-state index contributed by atoms with van der Waals surface area (Å²) in [7, 11) is -0.672. The summed E-state index contributed by atoms with van der Waals surface area (Å²) in [6.45, 7) is 16.3. The molecule has 0 amide bonds. The fraction of sp³-hybridized carbons (Fsp3) is 0.250. The third-order valence-electron chi connectivity index (χ3n) is 12.8. The molecule has 0 radical (unpaired) electrons. The first-order chi connectivity index (χ1) is 33.5. The quantitative estimate of drug-likeness (QED) is 0.108. The summed E-state index contributed by atoms with van der Waals surface area (Å²) in [5, 5.41) is 1.45. The molecule has 0 N–H and O–H groups in total. The van der Waals surface area contributed by atoms with Crippen molar-refractivity contribution in [3.8, 4) is 23.0 Å². The molecule has 0 saturated heterocycles. The van der Waals surface area contributed by atoms with E-state index >= 15 is 0 Å². The Hall–Kier alpha value is -6.61. The molecule has 0 heterocycles. The van der Waals surface area contributed by atoms with Gasteiger partial charge in [0.2, 0.25) is 0 Å². The Balaban J connectivity index is 1.28. The first-order valence-electron chi connectivity index (χ1n) is 24.4. The molecule has 1 aliphatic carbocycles. The van der Waals surface area contributed by atoms with E-state index in [1.54, 1.807) is 0 Å². The summed E-state index contributed by atoms with van der Waals surface area (Å²) in [6.07, 6.45) is 2.48. The van der Waals surface area contributed by atoms with Crippen LogP contribution in [0.2, 0.25) is 0 Å². The molecule has 9 rings (SSSR count). The zero-order valence-corrected chi connectivity index (χ0v) is 42.0. The Kier molecular flexibility index (Phi) is 14.7.